The topological polar surface area (TPSA) is 234 Å². The predicted molar refractivity (Wildman–Crippen MR) is 201 cm³/mol. The Labute approximate surface area is 316 Å². The van der Waals surface area contributed by atoms with E-state index >= 15 is 4.39 Å². The second kappa shape index (κ2) is 18.7. The van der Waals surface area contributed by atoms with E-state index in [0.29, 0.717) is 29.7 Å². The van der Waals surface area contributed by atoms with Gasteiger partial charge < -0.3 is 51.2 Å². The first-order valence-electron chi connectivity index (χ1n) is 17.9. The van der Waals surface area contributed by atoms with Gasteiger partial charge in [0, 0.05) is 63.5 Å². The smallest absolute Gasteiger partial charge is 0.410 e. The predicted octanol–water partition coefficient (Wildman–Crippen LogP) is 2.35. The van der Waals surface area contributed by atoms with E-state index in [1.54, 1.807) is 54.5 Å². The number of nitrogens with one attached hydrogen (secondary N) is 4. The van der Waals surface area contributed by atoms with Crippen molar-refractivity contribution in [3.8, 4) is 0 Å². The minimum atomic E-state index is -1.39. The number of benzene rings is 2. The second-order valence-corrected chi connectivity index (χ2v) is 13.4. The molecule has 4 rings (SSSR count). The highest BCUT2D eigenvalue weighted by atomic mass is 19.1. The molecule has 0 spiro atoms. The van der Waals surface area contributed by atoms with Crippen LogP contribution in [0.3, 0.4) is 0 Å². The Kier molecular flexibility index (Phi) is 14.1. The number of nitrogens with zero attached hydrogens (tertiary/aromatic N) is 3. The van der Waals surface area contributed by atoms with Gasteiger partial charge in [0.1, 0.15) is 30.1 Å². The van der Waals surface area contributed by atoms with Crippen LogP contribution in [-0.4, -0.2) is 95.2 Å². The van der Waals surface area contributed by atoms with Gasteiger partial charge in [-0.2, -0.15) is 0 Å². The number of carboxylic acids is 1. The van der Waals surface area contributed by atoms with Crippen LogP contribution in [0, 0.1) is 11.7 Å². The molecule has 0 radical (unpaired) electrons. The Balaban J connectivity index is 1.32. The lowest BCUT2D eigenvalue weighted by Gasteiger charge is -2.35. The lowest BCUT2D eigenvalue weighted by Crippen LogP contribution is -2.54. The molecule has 17 nitrogen and oxygen atoms in total. The molecular weight excluding hydrogens is 719 g/mol. The van der Waals surface area contributed by atoms with Crippen molar-refractivity contribution < 1.29 is 43.0 Å². The quantitative estimate of drug-likeness (QED) is 0.124. The average Bonchev–Trinajstić information content (AvgIpc) is 3.14. The average molecular weight is 767 g/mol. The molecular formula is C37H47FN8O9. The van der Waals surface area contributed by atoms with Gasteiger partial charge in [-0.05, 0) is 55.5 Å². The number of hydrogen-bond donors (Lipinski definition) is 6. The third kappa shape index (κ3) is 10.9. The monoisotopic (exact) mass is 766 g/mol. The van der Waals surface area contributed by atoms with Gasteiger partial charge in [0.05, 0.1) is 11.2 Å². The van der Waals surface area contributed by atoms with Gasteiger partial charge in [-0.1, -0.05) is 26.0 Å². The molecule has 1 saturated heterocycles. The number of aromatic carboxylic acids is 1. The maximum Gasteiger partial charge on any atom is 0.410 e. The summed E-state index contributed by atoms with van der Waals surface area (Å²) in [6, 6.07) is 6.55. The molecule has 0 bridgehead atoms. The number of nitrogens with two attached hydrogens (primary N) is 1. The minimum absolute atomic E-state index is 0.0279. The zero-order chi connectivity index (χ0) is 40.4. The number of pyridine rings is 1. The van der Waals surface area contributed by atoms with E-state index in [9.17, 15) is 38.7 Å². The number of carbonyl (C=O) groups is 6. The molecule has 1 aliphatic heterocycles. The first kappa shape index (κ1) is 41.6. The van der Waals surface area contributed by atoms with E-state index in [1.165, 1.54) is 24.1 Å². The van der Waals surface area contributed by atoms with Crippen LogP contribution in [0.4, 0.5) is 25.4 Å². The van der Waals surface area contributed by atoms with Crippen LogP contribution in [0.5, 0.6) is 0 Å². The maximum atomic E-state index is 15.3. The molecule has 0 saturated carbocycles. The van der Waals surface area contributed by atoms with E-state index in [4.69, 9.17) is 10.5 Å². The molecule has 296 valence electrons. The van der Waals surface area contributed by atoms with Crippen molar-refractivity contribution in [1.82, 2.24) is 25.4 Å². The number of piperazine rings is 1. The van der Waals surface area contributed by atoms with E-state index in [2.05, 4.69) is 21.3 Å². The summed E-state index contributed by atoms with van der Waals surface area (Å²) in [4.78, 5) is 89.4. The molecule has 2 aromatic carbocycles. The molecule has 1 aromatic heterocycles. The van der Waals surface area contributed by atoms with Crippen molar-refractivity contribution in [3.63, 3.8) is 0 Å². The molecule has 6 amide bonds. The number of carboxylic acid groups (broad SMARTS) is 1. The molecule has 1 unspecified atom stereocenters. The number of fused-ring (bicyclic) bond motifs is 1. The van der Waals surface area contributed by atoms with E-state index in [-0.39, 0.29) is 62.7 Å². The largest absolute Gasteiger partial charge is 0.477 e. The van der Waals surface area contributed by atoms with Crippen LogP contribution in [0.1, 0.15) is 56.5 Å². The standard InChI is InChI=1S/C37H47FN8O9/c1-5-44-19-26(35(51)52)32(48)25-17-27(38)30(18-29(25)44)45-13-15-46(16-14-45)37(54)55-20-23-8-10-24(11-9-23)42-33(49)28(7-6-12-40-36(39)53)43-34(50)31(21(2)3)41-22(4)47/h8-11,17-19,21,28,31H,5-7,12-16,20H2,1-4H3,(H,41,47)(H,42,49)(H,43,50)(H,51,52)(H3,39,40,53)/t28-,31?/m0/s1. The Bertz CT molecular complexity index is 1980. The molecule has 18 heteroatoms. The fourth-order valence-electron chi connectivity index (χ4n) is 6.14. The summed E-state index contributed by atoms with van der Waals surface area (Å²) in [7, 11) is 0. The van der Waals surface area contributed by atoms with Gasteiger partial charge in [-0.3, -0.25) is 19.2 Å². The zero-order valence-electron chi connectivity index (χ0n) is 31.1. The number of halogens is 1. The van der Waals surface area contributed by atoms with Gasteiger partial charge in [0.25, 0.3) is 0 Å². The van der Waals surface area contributed by atoms with Gasteiger partial charge in [0.15, 0.2) is 0 Å². The fraction of sp³-hybridized carbons (Fsp3) is 0.432. The molecule has 2 atom stereocenters. The number of ether oxygens (including phenoxy) is 1. The van der Waals surface area contributed by atoms with Gasteiger partial charge in [0.2, 0.25) is 23.2 Å². The summed E-state index contributed by atoms with van der Waals surface area (Å²) in [6.45, 7) is 8.11. The number of aromatic nitrogens is 1. The molecule has 0 aliphatic carbocycles. The first-order chi connectivity index (χ1) is 26.1. The Morgan fingerprint density at radius 1 is 0.982 bits per heavy atom. The van der Waals surface area contributed by atoms with Crippen LogP contribution in [0.15, 0.2) is 47.4 Å². The third-order valence-corrected chi connectivity index (χ3v) is 9.09. The number of rotatable bonds is 15. The second-order valence-electron chi connectivity index (χ2n) is 13.4. The maximum absolute atomic E-state index is 15.3. The Hall–Kier alpha value is -6.20. The number of primary amides is 1. The normalized spacial score (nSPS) is 13.9. The number of hydrogen-bond acceptors (Lipinski definition) is 9. The minimum Gasteiger partial charge on any atom is -0.477 e. The Morgan fingerprint density at radius 3 is 2.24 bits per heavy atom. The molecule has 1 fully saturated rings. The number of anilines is 2. The number of aryl methyl sites for hydroxylation is 1. The highest BCUT2D eigenvalue weighted by Gasteiger charge is 2.29. The molecule has 1 aliphatic rings. The van der Waals surface area contributed by atoms with Crippen molar-refractivity contribution in [2.24, 2.45) is 11.7 Å². The lowest BCUT2D eigenvalue weighted by atomic mass is 10.0. The van der Waals surface area contributed by atoms with Crippen molar-refractivity contribution in [3.05, 3.63) is 69.8 Å². The number of urea groups is 1. The van der Waals surface area contributed by atoms with Crippen LogP contribution in [0.2, 0.25) is 0 Å². The molecule has 55 heavy (non-hydrogen) atoms. The molecule has 3 aromatic rings. The summed E-state index contributed by atoms with van der Waals surface area (Å²) in [5.74, 6) is -3.76. The van der Waals surface area contributed by atoms with Gasteiger partial charge in [-0.15, -0.1) is 0 Å². The SMILES string of the molecule is CCn1cc(C(=O)O)c(=O)c2cc(F)c(N3CCN(C(=O)OCc4ccc(NC(=O)[C@H](CCCNC(N)=O)NC(=O)C(NC(C)=O)C(C)C)cc4)CC3)cc21. The van der Waals surface area contributed by atoms with Gasteiger partial charge >= 0.3 is 18.1 Å². The van der Waals surface area contributed by atoms with Crippen molar-refractivity contribution in [1.29, 1.82) is 0 Å². The summed E-state index contributed by atoms with van der Waals surface area (Å²) in [5.41, 5.74) is 5.60. The highest BCUT2D eigenvalue weighted by Crippen LogP contribution is 2.27. The summed E-state index contributed by atoms with van der Waals surface area (Å²) >= 11 is 0. The van der Waals surface area contributed by atoms with Crippen LogP contribution < -0.4 is 37.3 Å². The van der Waals surface area contributed by atoms with Crippen molar-refractivity contribution >= 4 is 58.1 Å². The first-order valence-corrected chi connectivity index (χ1v) is 17.9. The van der Waals surface area contributed by atoms with Crippen molar-refractivity contribution in [2.45, 2.75) is 65.8 Å². The van der Waals surface area contributed by atoms with Crippen LogP contribution in [-0.2, 0) is 32.3 Å². The van der Waals surface area contributed by atoms with Gasteiger partial charge in [-0.25, -0.2) is 18.8 Å². The van der Waals surface area contributed by atoms with E-state index < -0.39 is 64.7 Å². The molecule has 7 N–H and O–H groups in total. The summed E-state index contributed by atoms with van der Waals surface area (Å²) in [6.07, 6.45) is 1.17. The fourth-order valence-corrected chi connectivity index (χ4v) is 6.14. The lowest BCUT2D eigenvalue weighted by molar-refractivity contribution is -0.131. The third-order valence-electron chi connectivity index (χ3n) is 9.09. The molecule has 2 heterocycles. The van der Waals surface area contributed by atoms with Crippen LogP contribution >= 0.6 is 0 Å². The Morgan fingerprint density at radius 2 is 1.65 bits per heavy atom. The highest BCUT2D eigenvalue weighted by molar-refractivity contribution is 5.98. The summed E-state index contributed by atoms with van der Waals surface area (Å²) in [5, 5.41) is 19.9. The number of amides is 6. The zero-order valence-corrected chi connectivity index (χ0v) is 31.1. The number of carbonyl (C=O) groups excluding carboxylic acids is 5. The van der Waals surface area contributed by atoms with E-state index in [1.807, 2.05) is 0 Å². The van der Waals surface area contributed by atoms with Crippen molar-refractivity contribution in [2.75, 3.05) is 42.9 Å². The van der Waals surface area contributed by atoms with E-state index in [0.717, 1.165) is 6.07 Å². The summed E-state index contributed by atoms with van der Waals surface area (Å²) < 4.78 is 22.4. The van der Waals surface area contributed by atoms with Crippen LogP contribution in [0.25, 0.3) is 10.9 Å².